The van der Waals surface area contributed by atoms with E-state index in [0.717, 1.165) is 5.56 Å². The Morgan fingerprint density at radius 3 is 2.59 bits per heavy atom. The Bertz CT molecular complexity index is 292. The van der Waals surface area contributed by atoms with Gasteiger partial charge in [-0.15, -0.1) is 0 Å². The lowest BCUT2D eigenvalue weighted by Crippen LogP contribution is -2.26. The largest absolute Gasteiger partial charge is 0.391 e. The first kappa shape index (κ1) is 14.1. The van der Waals surface area contributed by atoms with Crippen LogP contribution < -0.4 is 5.32 Å². The van der Waals surface area contributed by atoms with Crippen molar-refractivity contribution in [2.24, 2.45) is 0 Å². The first-order valence-electron chi connectivity index (χ1n) is 5.84. The van der Waals surface area contributed by atoms with Crippen LogP contribution in [0.4, 0.5) is 0 Å². The summed E-state index contributed by atoms with van der Waals surface area (Å²) in [5, 5.41) is 22.4. The number of benzene rings is 1. The Labute approximate surface area is 102 Å². The molecule has 0 saturated carbocycles. The van der Waals surface area contributed by atoms with Crippen molar-refractivity contribution >= 4 is 0 Å². The Hall–Kier alpha value is -0.940. The highest BCUT2D eigenvalue weighted by atomic mass is 16.5. The van der Waals surface area contributed by atoms with Crippen molar-refractivity contribution < 1.29 is 14.9 Å². The Morgan fingerprint density at radius 1 is 1.24 bits per heavy atom. The summed E-state index contributed by atoms with van der Waals surface area (Å²) in [5.74, 6) is 0. The molecule has 17 heavy (non-hydrogen) atoms. The van der Waals surface area contributed by atoms with Crippen molar-refractivity contribution in [3.63, 3.8) is 0 Å². The van der Waals surface area contributed by atoms with E-state index in [-0.39, 0.29) is 0 Å². The molecular weight excluding hydrogens is 218 g/mol. The first-order valence-corrected chi connectivity index (χ1v) is 5.84. The fourth-order valence-electron chi connectivity index (χ4n) is 1.58. The van der Waals surface area contributed by atoms with Gasteiger partial charge in [0.1, 0.15) is 0 Å². The highest BCUT2D eigenvalue weighted by molar-refractivity contribution is 5.17. The molecule has 0 radical (unpaired) electrons. The van der Waals surface area contributed by atoms with Crippen molar-refractivity contribution in [1.82, 2.24) is 5.32 Å². The Kier molecular flexibility index (Phi) is 6.81. The number of hydrogen-bond acceptors (Lipinski definition) is 4. The van der Waals surface area contributed by atoms with Crippen LogP contribution in [-0.2, 0) is 4.74 Å². The van der Waals surface area contributed by atoms with Crippen LogP contribution >= 0.6 is 0 Å². The van der Waals surface area contributed by atoms with Crippen molar-refractivity contribution in [1.29, 1.82) is 0 Å². The minimum absolute atomic E-state index is 0.350. The zero-order chi connectivity index (χ0) is 12.5. The molecule has 2 atom stereocenters. The first-order chi connectivity index (χ1) is 8.24. The predicted octanol–water partition coefficient (Wildman–Crippen LogP) is 0.707. The fraction of sp³-hybridized carbons (Fsp3) is 0.538. The highest BCUT2D eigenvalue weighted by Crippen LogP contribution is 2.10. The molecule has 0 aliphatic carbocycles. The van der Waals surface area contributed by atoms with Gasteiger partial charge in [-0.3, -0.25) is 0 Å². The molecule has 0 heterocycles. The Balaban J connectivity index is 2.14. The molecule has 1 rings (SSSR count). The fourth-order valence-corrected chi connectivity index (χ4v) is 1.58. The summed E-state index contributed by atoms with van der Waals surface area (Å²) in [6.45, 7) is 1.50. The maximum atomic E-state index is 9.84. The molecule has 0 bridgehead atoms. The molecule has 4 heteroatoms. The monoisotopic (exact) mass is 239 g/mol. The molecule has 0 aliphatic heterocycles. The van der Waals surface area contributed by atoms with E-state index < -0.39 is 12.2 Å². The van der Waals surface area contributed by atoms with Crippen molar-refractivity contribution in [2.75, 3.05) is 26.8 Å². The second kappa shape index (κ2) is 8.20. The average Bonchev–Trinajstić information content (AvgIpc) is 2.36. The van der Waals surface area contributed by atoms with Crippen LogP contribution in [0.25, 0.3) is 0 Å². The molecule has 0 saturated heterocycles. The summed E-state index contributed by atoms with van der Waals surface area (Å²) in [6, 6.07) is 9.52. The molecule has 1 aromatic rings. The van der Waals surface area contributed by atoms with Gasteiger partial charge in [0, 0.05) is 13.7 Å². The Morgan fingerprint density at radius 2 is 1.94 bits per heavy atom. The van der Waals surface area contributed by atoms with Crippen LogP contribution in [0.3, 0.4) is 0 Å². The summed E-state index contributed by atoms with van der Waals surface area (Å²) >= 11 is 0. The number of aliphatic hydroxyl groups is 2. The molecule has 2 unspecified atom stereocenters. The van der Waals surface area contributed by atoms with E-state index in [0.29, 0.717) is 26.1 Å². The van der Waals surface area contributed by atoms with Gasteiger partial charge < -0.3 is 20.3 Å². The van der Waals surface area contributed by atoms with Crippen LogP contribution in [0.15, 0.2) is 30.3 Å². The molecule has 4 nitrogen and oxygen atoms in total. The normalized spacial score (nSPS) is 14.5. The third-order valence-corrected chi connectivity index (χ3v) is 2.54. The SMILES string of the molecule is COCC(O)CCNCC(O)c1ccccc1. The molecule has 0 fully saturated rings. The van der Waals surface area contributed by atoms with Crippen LogP contribution in [0, 0.1) is 0 Å². The maximum Gasteiger partial charge on any atom is 0.0914 e. The summed E-state index contributed by atoms with van der Waals surface area (Å²) in [4.78, 5) is 0. The lowest BCUT2D eigenvalue weighted by molar-refractivity contribution is 0.0586. The molecule has 0 spiro atoms. The number of hydrogen-bond donors (Lipinski definition) is 3. The summed E-state index contributed by atoms with van der Waals surface area (Å²) < 4.78 is 4.82. The minimum Gasteiger partial charge on any atom is -0.391 e. The minimum atomic E-state index is -0.504. The van der Waals surface area contributed by atoms with Gasteiger partial charge >= 0.3 is 0 Å². The number of rotatable bonds is 8. The van der Waals surface area contributed by atoms with E-state index in [4.69, 9.17) is 4.74 Å². The standard InChI is InChI=1S/C13H21NO3/c1-17-10-12(15)7-8-14-9-13(16)11-5-3-2-4-6-11/h2-6,12-16H,7-10H2,1H3. The molecule has 1 aromatic carbocycles. The molecule has 3 N–H and O–H groups in total. The van der Waals surface area contributed by atoms with E-state index in [1.54, 1.807) is 7.11 Å². The number of aliphatic hydroxyl groups excluding tert-OH is 2. The third-order valence-electron chi connectivity index (χ3n) is 2.54. The van der Waals surface area contributed by atoms with Gasteiger partial charge in [0.2, 0.25) is 0 Å². The summed E-state index contributed by atoms with van der Waals surface area (Å²) in [6.07, 6.45) is -0.327. The van der Waals surface area contributed by atoms with E-state index in [1.807, 2.05) is 30.3 Å². The van der Waals surface area contributed by atoms with Crippen LogP contribution in [-0.4, -0.2) is 43.1 Å². The third kappa shape index (κ3) is 5.79. The quantitative estimate of drug-likeness (QED) is 0.585. The van der Waals surface area contributed by atoms with Gasteiger partial charge in [0.15, 0.2) is 0 Å². The molecule has 96 valence electrons. The molecular formula is C13H21NO3. The smallest absolute Gasteiger partial charge is 0.0914 e. The summed E-state index contributed by atoms with van der Waals surface area (Å²) in [5.41, 5.74) is 0.900. The van der Waals surface area contributed by atoms with Gasteiger partial charge in [-0.05, 0) is 18.5 Å². The van der Waals surface area contributed by atoms with E-state index in [1.165, 1.54) is 0 Å². The topological polar surface area (TPSA) is 61.7 Å². The lowest BCUT2D eigenvalue weighted by atomic mass is 10.1. The van der Waals surface area contributed by atoms with Crippen molar-refractivity contribution in [3.05, 3.63) is 35.9 Å². The highest BCUT2D eigenvalue weighted by Gasteiger charge is 2.07. The van der Waals surface area contributed by atoms with Gasteiger partial charge in [-0.25, -0.2) is 0 Å². The lowest BCUT2D eigenvalue weighted by Gasteiger charge is -2.13. The number of methoxy groups -OCH3 is 1. The second-order valence-electron chi connectivity index (χ2n) is 4.03. The zero-order valence-corrected chi connectivity index (χ0v) is 10.2. The van der Waals surface area contributed by atoms with Gasteiger partial charge in [-0.2, -0.15) is 0 Å². The van der Waals surface area contributed by atoms with Gasteiger partial charge in [-0.1, -0.05) is 30.3 Å². The summed E-state index contributed by atoms with van der Waals surface area (Å²) in [7, 11) is 1.57. The van der Waals surface area contributed by atoms with E-state index in [2.05, 4.69) is 5.32 Å². The van der Waals surface area contributed by atoms with Crippen molar-refractivity contribution in [3.8, 4) is 0 Å². The van der Waals surface area contributed by atoms with Crippen LogP contribution in [0.1, 0.15) is 18.1 Å². The number of ether oxygens (including phenoxy) is 1. The molecule has 0 aliphatic rings. The van der Waals surface area contributed by atoms with Crippen molar-refractivity contribution in [2.45, 2.75) is 18.6 Å². The number of nitrogens with one attached hydrogen (secondary N) is 1. The second-order valence-corrected chi connectivity index (χ2v) is 4.03. The van der Waals surface area contributed by atoms with Crippen LogP contribution in [0.2, 0.25) is 0 Å². The molecule has 0 aromatic heterocycles. The average molecular weight is 239 g/mol. The predicted molar refractivity (Wildman–Crippen MR) is 66.8 cm³/mol. The van der Waals surface area contributed by atoms with Gasteiger partial charge in [0.05, 0.1) is 18.8 Å². The van der Waals surface area contributed by atoms with Gasteiger partial charge in [0.25, 0.3) is 0 Å². The zero-order valence-electron chi connectivity index (χ0n) is 10.2. The van der Waals surface area contributed by atoms with E-state index in [9.17, 15) is 10.2 Å². The van der Waals surface area contributed by atoms with Crippen LogP contribution in [0.5, 0.6) is 0 Å². The van der Waals surface area contributed by atoms with E-state index >= 15 is 0 Å². The molecule has 0 amide bonds. The maximum absolute atomic E-state index is 9.84.